The molecule has 1 unspecified atom stereocenters. The Morgan fingerprint density at radius 3 is 2.54 bits per heavy atom. The molecule has 2 aromatic carbocycles. The molecule has 4 rings (SSSR count). The lowest BCUT2D eigenvalue weighted by Gasteiger charge is -2.13. The fourth-order valence-corrected chi connectivity index (χ4v) is 4.79. The van der Waals surface area contributed by atoms with Crippen molar-refractivity contribution >= 4 is 34.7 Å². The number of rotatable bonds is 7. The topological polar surface area (TPSA) is 50.9 Å². The molecule has 0 aliphatic heterocycles. The van der Waals surface area contributed by atoms with E-state index in [0.717, 1.165) is 22.2 Å². The zero-order chi connectivity index (χ0) is 19.3. The first-order valence-electron chi connectivity index (χ1n) is 8.80. The highest BCUT2D eigenvalue weighted by molar-refractivity contribution is 7.99. The van der Waals surface area contributed by atoms with Crippen LogP contribution in [0.5, 0.6) is 0 Å². The fourth-order valence-electron chi connectivity index (χ4n) is 2.90. The minimum absolute atomic E-state index is 0.438. The third kappa shape index (κ3) is 4.31. The van der Waals surface area contributed by atoms with Gasteiger partial charge in [0.2, 0.25) is 0 Å². The van der Waals surface area contributed by atoms with Crippen molar-refractivity contribution in [3.05, 3.63) is 93.4 Å². The van der Waals surface area contributed by atoms with Crippen LogP contribution >= 0.6 is 34.7 Å². The molecule has 0 fully saturated rings. The highest BCUT2D eigenvalue weighted by Crippen LogP contribution is 2.30. The van der Waals surface area contributed by atoms with E-state index < -0.39 is 6.10 Å². The van der Waals surface area contributed by atoms with E-state index in [1.807, 2.05) is 54.6 Å². The van der Waals surface area contributed by atoms with Gasteiger partial charge >= 0.3 is 0 Å². The number of hydrogen-bond acceptors (Lipinski definition) is 5. The molecule has 4 aromatic rings. The summed E-state index contributed by atoms with van der Waals surface area (Å²) in [5.41, 5.74) is 1.73. The van der Waals surface area contributed by atoms with E-state index in [0.29, 0.717) is 17.2 Å². The second kappa shape index (κ2) is 8.92. The third-order valence-electron chi connectivity index (χ3n) is 4.26. The monoisotopic (exact) mass is 427 g/mol. The lowest BCUT2D eigenvalue weighted by molar-refractivity contribution is 0.204. The molecule has 0 amide bonds. The van der Waals surface area contributed by atoms with Crippen LogP contribution in [0.4, 0.5) is 0 Å². The lowest BCUT2D eigenvalue weighted by Crippen LogP contribution is -2.05. The molecule has 2 aromatic heterocycles. The quantitative estimate of drug-likeness (QED) is 0.401. The molecule has 2 heterocycles. The summed E-state index contributed by atoms with van der Waals surface area (Å²) in [6, 6.07) is 21.6. The number of aliphatic hydroxyl groups excluding tert-OH is 1. The Morgan fingerprint density at radius 2 is 1.79 bits per heavy atom. The number of aromatic nitrogens is 3. The zero-order valence-electron chi connectivity index (χ0n) is 14.9. The predicted octanol–water partition coefficient (Wildman–Crippen LogP) is 5.40. The Hall–Kier alpha value is -2.12. The van der Waals surface area contributed by atoms with E-state index in [4.69, 9.17) is 11.6 Å². The van der Waals surface area contributed by atoms with Gasteiger partial charge in [-0.3, -0.25) is 4.57 Å². The van der Waals surface area contributed by atoms with Gasteiger partial charge in [0.05, 0.1) is 6.10 Å². The first-order valence-corrected chi connectivity index (χ1v) is 11.0. The molecule has 4 nitrogen and oxygen atoms in total. The number of benzene rings is 2. The van der Waals surface area contributed by atoms with Crippen molar-refractivity contribution in [1.82, 2.24) is 14.8 Å². The lowest BCUT2D eigenvalue weighted by atomic mass is 10.1. The summed E-state index contributed by atoms with van der Waals surface area (Å²) in [6.07, 6.45) is 0.0353. The normalized spacial score (nSPS) is 12.2. The summed E-state index contributed by atoms with van der Waals surface area (Å²) in [7, 11) is 0. The fraction of sp³-hybridized carbons (Fsp3) is 0.143. The van der Waals surface area contributed by atoms with Crippen LogP contribution in [-0.4, -0.2) is 25.6 Å². The van der Waals surface area contributed by atoms with Gasteiger partial charge in [0.15, 0.2) is 5.16 Å². The van der Waals surface area contributed by atoms with Crippen LogP contribution in [0.1, 0.15) is 22.4 Å². The van der Waals surface area contributed by atoms with E-state index in [1.54, 1.807) is 17.4 Å². The van der Waals surface area contributed by atoms with Crippen LogP contribution in [0.3, 0.4) is 0 Å². The summed E-state index contributed by atoms with van der Waals surface area (Å²) in [4.78, 5) is 1.23. The van der Waals surface area contributed by atoms with Crippen LogP contribution in [-0.2, 0) is 6.42 Å². The highest BCUT2D eigenvalue weighted by Gasteiger charge is 2.18. The smallest absolute Gasteiger partial charge is 0.195 e. The molecule has 0 saturated carbocycles. The third-order valence-corrected chi connectivity index (χ3v) is 6.49. The Labute approximate surface area is 176 Å². The molecule has 1 N–H and O–H groups in total. The Morgan fingerprint density at radius 1 is 1.00 bits per heavy atom. The van der Waals surface area contributed by atoms with Crippen molar-refractivity contribution in [2.75, 3.05) is 5.75 Å². The zero-order valence-corrected chi connectivity index (χ0v) is 17.3. The first-order chi connectivity index (χ1) is 13.7. The predicted molar refractivity (Wildman–Crippen MR) is 116 cm³/mol. The van der Waals surface area contributed by atoms with Crippen molar-refractivity contribution in [3.63, 3.8) is 0 Å². The van der Waals surface area contributed by atoms with Crippen molar-refractivity contribution < 1.29 is 5.11 Å². The maximum absolute atomic E-state index is 10.6. The number of thiophene rings is 1. The average Bonchev–Trinajstić information content (AvgIpc) is 3.37. The maximum atomic E-state index is 10.6. The van der Waals surface area contributed by atoms with Gasteiger partial charge in [-0.2, -0.15) is 0 Å². The largest absolute Gasteiger partial charge is 0.387 e. The van der Waals surface area contributed by atoms with Crippen LogP contribution in [0.25, 0.3) is 5.69 Å². The van der Waals surface area contributed by atoms with Gasteiger partial charge in [-0.15, -0.1) is 21.5 Å². The number of thioether (sulfide) groups is 1. The summed E-state index contributed by atoms with van der Waals surface area (Å²) < 4.78 is 2.06. The molecule has 0 bridgehead atoms. The average molecular weight is 428 g/mol. The maximum Gasteiger partial charge on any atom is 0.195 e. The summed E-state index contributed by atoms with van der Waals surface area (Å²) in [5.74, 6) is 1.32. The second-order valence-electron chi connectivity index (χ2n) is 6.17. The van der Waals surface area contributed by atoms with E-state index in [2.05, 4.69) is 26.2 Å². The molecular formula is C21H18ClN3OS2. The van der Waals surface area contributed by atoms with Gasteiger partial charge in [0, 0.05) is 27.8 Å². The minimum atomic E-state index is -0.680. The molecular weight excluding hydrogens is 410 g/mol. The van der Waals surface area contributed by atoms with Crippen LogP contribution < -0.4 is 0 Å². The molecule has 0 spiro atoms. The number of aliphatic hydroxyl groups is 1. The summed E-state index contributed by atoms with van der Waals surface area (Å²) >= 11 is 9.39. The van der Waals surface area contributed by atoms with Gasteiger partial charge in [-0.25, -0.2) is 0 Å². The van der Waals surface area contributed by atoms with Gasteiger partial charge in [0.25, 0.3) is 0 Å². The van der Waals surface area contributed by atoms with E-state index in [-0.39, 0.29) is 0 Å². The molecule has 1 atom stereocenters. The highest BCUT2D eigenvalue weighted by atomic mass is 35.5. The number of hydrogen-bond donors (Lipinski definition) is 1. The van der Waals surface area contributed by atoms with Crippen molar-refractivity contribution in [2.24, 2.45) is 0 Å². The van der Waals surface area contributed by atoms with Crippen LogP contribution in [0.15, 0.2) is 77.3 Å². The molecule has 7 heteroatoms. The van der Waals surface area contributed by atoms with Gasteiger partial charge in [0.1, 0.15) is 5.82 Å². The molecule has 0 saturated heterocycles. The second-order valence-corrected chi connectivity index (χ2v) is 8.60. The SMILES string of the molecule is OC(CSc1nnc(Cc2cccs2)n1-c1ccccc1)c1ccccc1Cl. The van der Waals surface area contributed by atoms with Gasteiger partial charge < -0.3 is 5.11 Å². The number of nitrogens with zero attached hydrogens (tertiary/aromatic N) is 3. The first kappa shape index (κ1) is 19.2. The van der Waals surface area contributed by atoms with Crippen LogP contribution in [0, 0.1) is 0 Å². The summed E-state index contributed by atoms with van der Waals surface area (Å²) in [6.45, 7) is 0. The van der Waals surface area contributed by atoms with Gasteiger partial charge in [-0.1, -0.05) is 65.8 Å². The molecule has 28 heavy (non-hydrogen) atoms. The standard InChI is InChI=1S/C21H18ClN3OS2/c22-18-11-5-4-10-17(18)19(26)14-28-21-24-23-20(13-16-9-6-12-27-16)25(21)15-7-2-1-3-8-15/h1-12,19,26H,13-14H2. The molecule has 0 radical (unpaired) electrons. The van der Waals surface area contributed by atoms with E-state index in [9.17, 15) is 5.11 Å². The van der Waals surface area contributed by atoms with E-state index >= 15 is 0 Å². The molecule has 142 valence electrons. The minimum Gasteiger partial charge on any atom is -0.387 e. The molecule has 0 aliphatic rings. The number of para-hydroxylation sites is 1. The molecule has 0 aliphatic carbocycles. The van der Waals surface area contributed by atoms with Crippen molar-refractivity contribution in [3.8, 4) is 5.69 Å². The van der Waals surface area contributed by atoms with Crippen molar-refractivity contribution in [2.45, 2.75) is 17.7 Å². The van der Waals surface area contributed by atoms with Crippen molar-refractivity contribution in [1.29, 1.82) is 0 Å². The number of halogens is 1. The Bertz CT molecular complexity index is 1040. The van der Waals surface area contributed by atoms with E-state index in [1.165, 1.54) is 16.6 Å². The Balaban J connectivity index is 1.60. The van der Waals surface area contributed by atoms with Crippen LogP contribution in [0.2, 0.25) is 5.02 Å². The Kier molecular flexibility index (Phi) is 6.12. The summed E-state index contributed by atoms with van der Waals surface area (Å²) in [5, 5.41) is 22.8. The van der Waals surface area contributed by atoms with Gasteiger partial charge in [-0.05, 0) is 35.2 Å².